The summed E-state index contributed by atoms with van der Waals surface area (Å²) in [5.41, 5.74) is 1.16. The van der Waals surface area contributed by atoms with Crippen molar-refractivity contribution in [2.45, 2.75) is 25.3 Å². The monoisotopic (exact) mass is 235 g/mol. The number of benzene rings is 1. The highest BCUT2D eigenvalue weighted by molar-refractivity contribution is 5.19. The molecule has 1 aliphatic rings. The van der Waals surface area contributed by atoms with Crippen LogP contribution in [0.4, 0.5) is 0 Å². The van der Waals surface area contributed by atoms with E-state index in [9.17, 15) is 10.2 Å². The fourth-order valence-electron chi connectivity index (χ4n) is 2.38. The van der Waals surface area contributed by atoms with Crippen LogP contribution in [0.25, 0.3) is 0 Å². The average Bonchev–Trinajstić information content (AvgIpc) is 2.34. The number of aliphatic hydroxyl groups excluding tert-OH is 2. The molecule has 0 aromatic heterocycles. The normalized spacial score (nSPS) is 19.6. The largest absolute Gasteiger partial charge is 0.396 e. The highest BCUT2D eigenvalue weighted by atomic mass is 16.3. The van der Waals surface area contributed by atoms with Gasteiger partial charge < -0.3 is 15.5 Å². The van der Waals surface area contributed by atoms with E-state index in [1.165, 1.54) is 6.42 Å². The summed E-state index contributed by atoms with van der Waals surface area (Å²) in [5.74, 6) is 0. The van der Waals surface area contributed by atoms with Gasteiger partial charge in [-0.05, 0) is 18.4 Å². The van der Waals surface area contributed by atoms with Crippen molar-refractivity contribution in [1.82, 2.24) is 5.32 Å². The van der Waals surface area contributed by atoms with Gasteiger partial charge in [0.2, 0.25) is 0 Å². The van der Waals surface area contributed by atoms with E-state index in [0.717, 1.165) is 24.9 Å². The summed E-state index contributed by atoms with van der Waals surface area (Å²) in [4.78, 5) is 0. The standard InChI is InChI=1S/C14H21NO2/c16-9-13(12-5-2-1-3-6-12)15-10-14(11-17)7-4-8-14/h1-3,5-6,13,15-17H,4,7-11H2/t13-/m1/s1. The first-order valence-corrected chi connectivity index (χ1v) is 6.30. The molecule has 0 aliphatic heterocycles. The van der Waals surface area contributed by atoms with Crippen molar-refractivity contribution >= 4 is 0 Å². The molecule has 1 aliphatic carbocycles. The zero-order chi connectivity index (χ0) is 12.1. The molecule has 1 fully saturated rings. The summed E-state index contributed by atoms with van der Waals surface area (Å²) >= 11 is 0. The van der Waals surface area contributed by atoms with Crippen molar-refractivity contribution in [3.63, 3.8) is 0 Å². The van der Waals surface area contributed by atoms with Crippen LogP contribution >= 0.6 is 0 Å². The molecule has 3 nitrogen and oxygen atoms in total. The van der Waals surface area contributed by atoms with E-state index in [0.29, 0.717) is 0 Å². The van der Waals surface area contributed by atoms with E-state index in [1.807, 2.05) is 30.3 Å². The molecule has 94 valence electrons. The molecule has 0 bridgehead atoms. The van der Waals surface area contributed by atoms with Crippen molar-refractivity contribution < 1.29 is 10.2 Å². The molecule has 17 heavy (non-hydrogen) atoms. The van der Waals surface area contributed by atoms with Gasteiger partial charge in [0.25, 0.3) is 0 Å². The van der Waals surface area contributed by atoms with Crippen LogP contribution in [0, 0.1) is 5.41 Å². The van der Waals surface area contributed by atoms with Gasteiger partial charge in [-0.2, -0.15) is 0 Å². The SMILES string of the molecule is OC[C@@H](NCC1(CO)CCC1)c1ccccc1. The molecule has 1 saturated carbocycles. The zero-order valence-corrected chi connectivity index (χ0v) is 10.1. The van der Waals surface area contributed by atoms with Crippen molar-refractivity contribution in [1.29, 1.82) is 0 Å². The third kappa shape index (κ3) is 2.86. The van der Waals surface area contributed by atoms with Gasteiger partial charge in [-0.25, -0.2) is 0 Å². The van der Waals surface area contributed by atoms with Crippen molar-refractivity contribution in [3.8, 4) is 0 Å². The minimum absolute atomic E-state index is 0.0276. The Morgan fingerprint density at radius 2 is 1.88 bits per heavy atom. The van der Waals surface area contributed by atoms with Crippen LogP contribution in [0.3, 0.4) is 0 Å². The molecule has 0 radical (unpaired) electrons. The molecule has 1 aromatic rings. The number of aliphatic hydroxyl groups is 2. The van der Waals surface area contributed by atoms with Gasteiger partial charge in [0.05, 0.1) is 12.6 Å². The minimum Gasteiger partial charge on any atom is -0.396 e. The van der Waals surface area contributed by atoms with E-state index < -0.39 is 0 Å². The third-order valence-electron chi connectivity index (χ3n) is 3.86. The van der Waals surface area contributed by atoms with Gasteiger partial charge in [0, 0.05) is 18.6 Å². The lowest BCUT2D eigenvalue weighted by atomic mass is 9.69. The fourth-order valence-corrected chi connectivity index (χ4v) is 2.38. The van der Waals surface area contributed by atoms with Crippen LogP contribution in [0.1, 0.15) is 30.9 Å². The Balaban J connectivity index is 1.92. The van der Waals surface area contributed by atoms with Gasteiger partial charge in [0.1, 0.15) is 0 Å². The van der Waals surface area contributed by atoms with E-state index >= 15 is 0 Å². The predicted molar refractivity (Wildman–Crippen MR) is 67.6 cm³/mol. The second-order valence-corrected chi connectivity index (χ2v) is 5.04. The maximum Gasteiger partial charge on any atom is 0.0626 e. The Morgan fingerprint density at radius 1 is 1.18 bits per heavy atom. The topological polar surface area (TPSA) is 52.5 Å². The smallest absolute Gasteiger partial charge is 0.0626 e. The number of hydrogen-bond acceptors (Lipinski definition) is 3. The average molecular weight is 235 g/mol. The van der Waals surface area contributed by atoms with E-state index in [-0.39, 0.29) is 24.7 Å². The van der Waals surface area contributed by atoms with Gasteiger partial charge >= 0.3 is 0 Å². The molecule has 1 aromatic carbocycles. The van der Waals surface area contributed by atoms with Crippen molar-refractivity contribution in [2.75, 3.05) is 19.8 Å². The second kappa shape index (κ2) is 5.63. The van der Waals surface area contributed by atoms with Crippen LogP contribution in [-0.2, 0) is 0 Å². The Labute approximate surface area is 102 Å². The Hall–Kier alpha value is -0.900. The lowest BCUT2D eigenvalue weighted by Gasteiger charge is -2.41. The summed E-state index contributed by atoms with van der Waals surface area (Å²) in [6.45, 7) is 1.11. The predicted octanol–water partition coefficient (Wildman–Crippen LogP) is 1.47. The van der Waals surface area contributed by atoms with E-state index in [1.54, 1.807) is 0 Å². The highest BCUT2D eigenvalue weighted by Gasteiger charge is 2.36. The first-order chi connectivity index (χ1) is 8.29. The number of nitrogens with one attached hydrogen (secondary N) is 1. The lowest BCUT2D eigenvalue weighted by Crippen LogP contribution is -2.44. The van der Waals surface area contributed by atoms with Crippen LogP contribution < -0.4 is 5.32 Å². The van der Waals surface area contributed by atoms with E-state index in [2.05, 4.69) is 5.32 Å². The summed E-state index contributed by atoms with van der Waals surface area (Å²) < 4.78 is 0. The third-order valence-corrected chi connectivity index (χ3v) is 3.86. The number of rotatable bonds is 6. The first kappa shape index (κ1) is 12.6. The molecule has 0 unspecified atom stereocenters. The van der Waals surface area contributed by atoms with Gasteiger partial charge in [-0.15, -0.1) is 0 Å². The minimum atomic E-state index is -0.0276. The molecule has 2 rings (SSSR count). The van der Waals surface area contributed by atoms with Crippen LogP contribution in [0.2, 0.25) is 0 Å². The quantitative estimate of drug-likeness (QED) is 0.700. The Bertz CT molecular complexity index is 330. The summed E-state index contributed by atoms with van der Waals surface area (Å²) in [6, 6.07) is 9.93. The fraction of sp³-hybridized carbons (Fsp3) is 0.571. The molecule has 1 atom stereocenters. The Morgan fingerprint density at radius 3 is 2.35 bits per heavy atom. The molecule has 0 spiro atoms. The van der Waals surface area contributed by atoms with Gasteiger partial charge in [0.15, 0.2) is 0 Å². The van der Waals surface area contributed by atoms with E-state index in [4.69, 9.17) is 0 Å². The highest BCUT2D eigenvalue weighted by Crippen LogP contribution is 2.40. The van der Waals surface area contributed by atoms with Crippen LogP contribution in [0.15, 0.2) is 30.3 Å². The molecule has 0 saturated heterocycles. The first-order valence-electron chi connectivity index (χ1n) is 6.30. The molecular formula is C14H21NO2. The van der Waals surface area contributed by atoms with Crippen LogP contribution in [0.5, 0.6) is 0 Å². The lowest BCUT2D eigenvalue weighted by molar-refractivity contribution is 0.0396. The molecule has 0 heterocycles. The maximum atomic E-state index is 9.41. The second-order valence-electron chi connectivity index (χ2n) is 5.04. The van der Waals surface area contributed by atoms with Gasteiger partial charge in [-0.3, -0.25) is 0 Å². The van der Waals surface area contributed by atoms with Gasteiger partial charge in [-0.1, -0.05) is 36.8 Å². The maximum absolute atomic E-state index is 9.41. The van der Waals surface area contributed by atoms with Crippen LogP contribution in [-0.4, -0.2) is 30.0 Å². The molecule has 0 amide bonds. The zero-order valence-electron chi connectivity index (χ0n) is 10.1. The number of hydrogen-bond donors (Lipinski definition) is 3. The van der Waals surface area contributed by atoms with Crippen molar-refractivity contribution in [3.05, 3.63) is 35.9 Å². The summed E-state index contributed by atoms with van der Waals surface area (Å²) in [7, 11) is 0. The molecule has 3 N–H and O–H groups in total. The molecule has 3 heteroatoms. The Kier molecular flexibility index (Phi) is 4.15. The molecular weight excluding hydrogens is 214 g/mol. The van der Waals surface area contributed by atoms with Crippen molar-refractivity contribution in [2.24, 2.45) is 5.41 Å². The summed E-state index contributed by atoms with van der Waals surface area (Å²) in [5, 5.41) is 22.2. The summed E-state index contributed by atoms with van der Waals surface area (Å²) in [6.07, 6.45) is 3.38.